The number of rotatable bonds is 2. The number of thiol groups is 1. The largest absolute Gasteiger partial charge is 0.237 e. The van der Waals surface area contributed by atoms with Crippen LogP contribution in [-0.2, 0) is 5.75 Å². The van der Waals surface area contributed by atoms with Gasteiger partial charge in [0, 0.05) is 11.3 Å². The summed E-state index contributed by atoms with van der Waals surface area (Å²) >= 11 is 4.26. The molecule has 2 aromatic rings. The number of hydrogen-bond donors (Lipinski definition) is 1. The third kappa shape index (κ3) is 2.56. The van der Waals surface area contributed by atoms with Gasteiger partial charge in [-0.1, -0.05) is 17.7 Å². The Morgan fingerprint density at radius 3 is 2.11 bits per heavy atom. The lowest BCUT2D eigenvalue weighted by Gasteiger charge is -2.12. The molecular formula is C15H18N2S. The molecule has 0 aliphatic carbocycles. The van der Waals surface area contributed by atoms with E-state index in [9.17, 15) is 0 Å². The van der Waals surface area contributed by atoms with E-state index in [2.05, 4.69) is 55.5 Å². The van der Waals surface area contributed by atoms with Gasteiger partial charge in [-0.15, -0.1) is 0 Å². The van der Waals surface area contributed by atoms with Crippen molar-refractivity contribution in [2.24, 2.45) is 0 Å². The number of benzene rings is 1. The smallest absolute Gasteiger partial charge is 0.138 e. The molecule has 0 saturated heterocycles. The zero-order chi connectivity index (χ0) is 13.3. The molecule has 0 radical (unpaired) electrons. The number of aryl methyl sites for hydroxylation is 4. The maximum absolute atomic E-state index is 4.59. The maximum Gasteiger partial charge on any atom is 0.138 e. The van der Waals surface area contributed by atoms with Gasteiger partial charge in [-0.05, 0) is 44.9 Å². The van der Waals surface area contributed by atoms with E-state index in [1.54, 1.807) is 0 Å². The number of aromatic nitrogens is 2. The predicted octanol–water partition coefficient (Wildman–Crippen LogP) is 3.81. The first kappa shape index (κ1) is 13.1. The average molecular weight is 258 g/mol. The van der Waals surface area contributed by atoms with Gasteiger partial charge >= 0.3 is 0 Å². The molecular weight excluding hydrogens is 240 g/mol. The third-order valence-electron chi connectivity index (χ3n) is 2.98. The molecule has 0 saturated carbocycles. The normalized spacial score (nSPS) is 10.7. The molecule has 0 unspecified atom stereocenters. The van der Waals surface area contributed by atoms with Crippen molar-refractivity contribution in [2.45, 2.75) is 33.4 Å². The van der Waals surface area contributed by atoms with Gasteiger partial charge in [0.25, 0.3) is 0 Å². The summed E-state index contributed by atoms with van der Waals surface area (Å²) in [6, 6.07) is 6.43. The van der Waals surface area contributed by atoms with E-state index < -0.39 is 0 Å². The lowest BCUT2D eigenvalue weighted by Crippen LogP contribution is -1.99. The molecule has 0 aliphatic rings. The zero-order valence-corrected chi connectivity index (χ0v) is 12.2. The fraction of sp³-hybridized carbons (Fsp3) is 0.333. The van der Waals surface area contributed by atoms with Crippen molar-refractivity contribution in [1.82, 2.24) is 9.97 Å². The molecule has 1 aromatic heterocycles. The summed E-state index contributed by atoms with van der Waals surface area (Å²) in [4.78, 5) is 8.95. The monoisotopic (exact) mass is 258 g/mol. The van der Waals surface area contributed by atoms with Gasteiger partial charge in [0.05, 0.1) is 11.4 Å². The Kier molecular flexibility index (Phi) is 3.71. The quantitative estimate of drug-likeness (QED) is 0.829. The van der Waals surface area contributed by atoms with Crippen LogP contribution in [0.15, 0.2) is 18.2 Å². The minimum atomic E-state index is 0.568. The maximum atomic E-state index is 4.59. The van der Waals surface area contributed by atoms with Crippen LogP contribution in [0.4, 0.5) is 0 Å². The van der Waals surface area contributed by atoms with E-state index in [0.29, 0.717) is 5.75 Å². The van der Waals surface area contributed by atoms with Gasteiger partial charge in [0.15, 0.2) is 0 Å². The number of hydrogen-bond acceptors (Lipinski definition) is 3. The molecule has 2 nitrogen and oxygen atoms in total. The van der Waals surface area contributed by atoms with Crippen LogP contribution in [0.3, 0.4) is 0 Å². The molecule has 0 N–H and O–H groups in total. The molecule has 0 spiro atoms. The van der Waals surface area contributed by atoms with Crippen molar-refractivity contribution in [1.29, 1.82) is 0 Å². The Morgan fingerprint density at radius 1 is 0.944 bits per heavy atom. The van der Waals surface area contributed by atoms with E-state index in [1.807, 2.05) is 13.0 Å². The summed E-state index contributed by atoms with van der Waals surface area (Å²) < 4.78 is 0. The molecule has 2 rings (SSSR count). The Bertz CT molecular complexity index is 568. The van der Waals surface area contributed by atoms with Gasteiger partial charge in [-0.2, -0.15) is 12.6 Å². The van der Waals surface area contributed by atoms with Gasteiger partial charge in [0.1, 0.15) is 5.82 Å². The van der Waals surface area contributed by atoms with Crippen molar-refractivity contribution in [3.05, 3.63) is 46.4 Å². The van der Waals surface area contributed by atoms with Crippen LogP contribution in [0.25, 0.3) is 11.3 Å². The van der Waals surface area contributed by atoms with Crippen LogP contribution in [0.2, 0.25) is 0 Å². The summed E-state index contributed by atoms with van der Waals surface area (Å²) in [5.74, 6) is 1.35. The van der Waals surface area contributed by atoms with E-state index in [4.69, 9.17) is 0 Å². The van der Waals surface area contributed by atoms with Crippen LogP contribution < -0.4 is 0 Å². The lowest BCUT2D eigenvalue weighted by molar-refractivity contribution is 1.00. The Hall–Kier alpha value is -1.35. The summed E-state index contributed by atoms with van der Waals surface area (Å²) in [6.45, 7) is 8.38. The van der Waals surface area contributed by atoms with Gasteiger partial charge in [-0.25, -0.2) is 9.97 Å². The summed E-state index contributed by atoms with van der Waals surface area (Å²) in [7, 11) is 0. The van der Waals surface area contributed by atoms with Crippen molar-refractivity contribution >= 4 is 12.6 Å². The minimum absolute atomic E-state index is 0.568. The van der Waals surface area contributed by atoms with Crippen LogP contribution in [0.1, 0.15) is 28.2 Å². The number of nitrogens with zero attached hydrogens (tertiary/aromatic N) is 2. The Balaban J connectivity index is 2.65. The minimum Gasteiger partial charge on any atom is -0.237 e. The molecule has 0 fully saturated rings. The highest BCUT2D eigenvalue weighted by Crippen LogP contribution is 2.27. The summed E-state index contributed by atoms with van der Waals surface area (Å²) in [6.07, 6.45) is 0. The highest BCUT2D eigenvalue weighted by atomic mass is 32.1. The summed E-state index contributed by atoms with van der Waals surface area (Å²) in [5.41, 5.74) is 7.01. The van der Waals surface area contributed by atoms with E-state index >= 15 is 0 Å². The second-order valence-electron chi connectivity index (χ2n) is 4.74. The second kappa shape index (κ2) is 5.11. The van der Waals surface area contributed by atoms with E-state index in [1.165, 1.54) is 22.3 Å². The van der Waals surface area contributed by atoms with Crippen LogP contribution >= 0.6 is 12.6 Å². The highest BCUT2D eigenvalue weighted by molar-refractivity contribution is 7.79. The van der Waals surface area contributed by atoms with E-state index in [0.717, 1.165) is 17.2 Å². The van der Waals surface area contributed by atoms with E-state index in [-0.39, 0.29) is 0 Å². The molecule has 1 heterocycles. The van der Waals surface area contributed by atoms with Gasteiger partial charge in [-0.3, -0.25) is 0 Å². The SMILES string of the molecule is Cc1cc(C)c(-c2cc(C)nc(CS)n2)c(C)c1. The lowest BCUT2D eigenvalue weighted by atomic mass is 9.97. The van der Waals surface area contributed by atoms with Crippen molar-refractivity contribution in [2.75, 3.05) is 0 Å². The highest BCUT2D eigenvalue weighted by Gasteiger charge is 2.10. The van der Waals surface area contributed by atoms with Crippen LogP contribution in [-0.4, -0.2) is 9.97 Å². The topological polar surface area (TPSA) is 25.8 Å². The molecule has 18 heavy (non-hydrogen) atoms. The van der Waals surface area contributed by atoms with Crippen LogP contribution in [0, 0.1) is 27.7 Å². The standard InChI is InChI=1S/C15H18N2S/c1-9-5-10(2)15(11(3)6-9)13-7-12(4)16-14(8-18)17-13/h5-7,18H,8H2,1-4H3. The first-order valence-electron chi connectivity index (χ1n) is 6.05. The fourth-order valence-electron chi connectivity index (χ4n) is 2.41. The van der Waals surface area contributed by atoms with Crippen LogP contribution in [0.5, 0.6) is 0 Å². The molecule has 0 amide bonds. The molecule has 3 heteroatoms. The molecule has 0 bridgehead atoms. The third-order valence-corrected chi connectivity index (χ3v) is 3.26. The second-order valence-corrected chi connectivity index (χ2v) is 5.06. The molecule has 0 atom stereocenters. The average Bonchev–Trinajstić information content (AvgIpc) is 2.26. The van der Waals surface area contributed by atoms with Crippen molar-refractivity contribution < 1.29 is 0 Å². The van der Waals surface area contributed by atoms with Gasteiger partial charge < -0.3 is 0 Å². The first-order valence-corrected chi connectivity index (χ1v) is 6.68. The molecule has 0 aliphatic heterocycles. The van der Waals surface area contributed by atoms with Crippen molar-refractivity contribution in [3.8, 4) is 11.3 Å². The van der Waals surface area contributed by atoms with Crippen molar-refractivity contribution in [3.63, 3.8) is 0 Å². The van der Waals surface area contributed by atoms with Gasteiger partial charge in [0.2, 0.25) is 0 Å². The predicted molar refractivity (Wildman–Crippen MR) is 79.1 cm³/mol. The fourth-order valence-corrected chi connectivity index (χ4v) is 2.55. The Labute approximate surface area is 114 Å². The first-order chi connectivity index (χ1) is 8.51. The molecule has 1 aromatic carbocycles. The summed E-state index contributed by atoms with van der Waals surface area (Å²) in [5, 5.41) is 0. The molecule has 94 valence electrons. The Morgan fingerprint density at radius 2 is 1.56 bits per heavy atom. The zero-order valence-electron chi connectivity index (χ0n) is 11.3.